The van der Waals surface area contributed by atoms with E-state index in [1.54, 1.807) is 0 Å². The molecule has 5 heteroatoms. The van der Waals surface area contributed by atoms with E-state index in [0.29, 0.717) is 0 Å². The molecule has 1 rings (SSSR count). The molecule has 1 nitrogen and oxygen atoms in total. The summed E-state index contributed by atoms with van der Waals surface area (Å²) in [6.45, 7) is -1.41. The predicted molar refractivity (Wildman–Crippen MR) is 44.4 cm³/mol. The van der Waals surface area contributed by atoms with Gasteiger partial charge in [-0.1, -0.05) is 0 Å². The maximum atomic E-state index is 13.0. The second-order valence-corrected chi connectivity index (χ2v) is 3.13. The van der Waals surface area contributed by atoms with Gasteiger partial charge in [0.05, 0.1) is 10.0 Å². The Morgan fingerprint density at radius 3 is 2.54 bits per heavy atom. The topological polar surface area (TPSA) is 17.1 Å². The van der Waals surface area contributed by atoms with E-state index in [1.807, 2.05) is 0 Å². The lowest BCUT2D eigenvalue weighted by atomic mass is 10.1. The highest BCUT2D eigenvalue weighted by Crippen LogP contribution is 2.21. The number of carbonyl (C=O) groups is 1. The molecule has 0 bridgehead atoms. The maximum absolute atomic E-state index is 13.0. The van der Waals surface area contributed by atoms with Crippen molar-refractivity contribution in [3.05, 3.63) is 33.8 Å². The van der Waals surface area contributed by atoms with Crippen LogP contribution < -0.4 is 0 Å². The molecule has 0 aliphatic rings. The van der Waals surface area contributed by atoms with Crippen molar-refractivity contribution in [3.8, 4) is 0 Å². The highest BCUT2D eigenvalue weighted by atomic mass is 79.9. The highest BCUT2D eigenvalue weighted by Gasteiger charge is 2.18. The minimum absolute atomic E-state index is 0.0642. The quantitative estimate of drug-likeness (QED) is 0.585. The summed E-state index contributed by atoms with van der Waals surface area (Å²) < 4.78 is 37.6. The first-order chi connectivity index (χ1) is 6.07. The molecule has 0 unspecified atom stereocenters. The minimum atomic E-state index is -1.41. The summed E-state index contributed by atoms with van der Waals surface area (Å²) in [4.78, 5) is 10.7. The zero-order valence-corrected chi connectivity index (χ0v) is 7.87. The lowest BCUT2D eigenvalue weighted by Gasteiger charge is -2.02. The van der Waals surface area contributed by atoms with E-state index >= 15 is 0 Å². The van der Waals surface area contributed by atoms with Crippen molar-refractivity contribution in [2.45, 2.75) is 0 Å². The predicted octanol–water partition coefficient (Wildman–Crippen LogP) is 2.88. The second kappa shape index (κ2) is 3.91. The number of rotatable bonds is 2. The van der Waals surface area contributed by atoms with E-state index < -0.39 is 29.7 Å². The third-order valence-corrected chi connectivity index (χ3v) is 2.06. The van der Waals surface area contributed by atoms with Gasteiger partial charge in [-0.15, -0.1) is 0 Å². The third kappa shape index (κ3) is 1.91. The van der Waals surface area contributed by atoms with E-state index in [-0.39, 0.29) is 4.47 Å². The molecule has 0 fully saturated rings. The van der Waals surface area contributed by atoms with Crippen molar-refractivity contribution in [1.82, 2.24) is 0 Å². The summed E-state index contributed by atoms with van der Waals surface area (Å²) in [5.74, 6) is -3.32. The molecular weight excluding hydrogens is 249 g/mol. The molecular formula is C8H4BrF3O. The van der Waals surface area contributed by atoms with E-state index in [0.717, 1.165) is 12.1 Å². The van der Waals surface area contributed by atoms with Gasteiger partial charge in [-0.2, -0.15) is 0 Å². The normalized spacial score (nSPS) is 10.2. The van der Waals surface area contributed by atoms with Crippen LogP contribution in [0.25, 0.3) is 0 Å². The van der Waals surface area contributed by atoms with Crippen LogP contribution in [0.5, 0.6) is 0 Å². The molecule has 13 heavy (non-hydrogen) atoms. The number of hydrogen-bond acceptors (Lipinski definition) is 1. The Balaban J connectivity index is 3.33. The van der Waals surface area contributed by atoms with E-state index in [9.17, 15) is 18.0 Å². The molecule has 0 aliphatic heterocycles. The van der Waals surface area contributed by atoms with Gasteiger partial charge >= 0.3 is 0 Å². The van der Waals surface area contributed by atoms with Gasteiger partial charge in [0.2, 0.25) is 0 Å². The van der Waals surface area contributed by atoms with Crippen LogP contribution in [-0.4, -0.2) is 12.5 Å². The Kier molecular flexibility index (Phi) is 3.08. The van der Waals surface area contributed by atoms with Gasteiger partial charge in [0.25, 0.3) is 0 Å². The summed E-state index contributed by atoms with van der Waals surface area (Å²) in [6, 6.07) is 2.01. The van der Waals surface area contributed by atoms with Crippen LogP contribution in [0.2, 0.25) is 0 Å². The zero-order valence-electron chi connectivity index (χ0n) is 6.28. The fourth-order valence-electron chi connectivity index (χ4n) is 0.849. The first-order valence-electron chi connectivity index (χ1n) is 3.30. The number of benzene rings is 1. The molecule has 1 aromatic rings. The lowest BCUT2D eigenvalue weighted by Crippen LogP contribution is -2.08. The van der Waals surface area contributed by atoms with Crippen molar-refractivity contribution < 1.29 is 18.0 Å². The molecule has 1 aromatic carbocycles. The van der Waals surface area contributed by atoms with E-state index in [4.69, 9.17) is 0 Å². The Hall–Kier alpha value is -0.840. The maximum Gasteiger partial charge on any atom is 0.199 e. The molecule has 0 heterocycles. The standard InChI is InChI=1S/C8H4BrF3O/c9-4-1-2-5(11)7(8(4)12)6(13)3-10/h1-2H,3H2. The van der Waals surface area contributed by atoms with Crippen LogP contribution in [0.4, 0.5) is 13.2 Å². The highest BCUT2D eigenvalue weighted by molar-refractivity contribution is 9.10. The van der Waals surface area contributed by atoms with Crippen molar-refractivity contribution in [2.75, 3.05) is 6.67 Å². The first kappa shape index (κ1) is 10.2. The Labute approximate surface area is 80.7 Å². The molecule has 0 saturated carbocycles. The number of hydrogen-bond donors (Lipinski definition) is 0. The van der Waals surface area contributed by atoms with Crippen LogP contribution in [-0.2, 0) is 0 Å². The smallest absolute Gasteiger partial charge is 0.199 e. The Morgan fingerprint density at radius 2 is 2.00 bits per heavy atom. The molecule has 0 aliphatic carbocycles. The van der Waals surface area contributed by atoms with Crippen molar-refractivity contribution in [2.24, 2.45) is 0 Å². The van der Waals surface area contributed by atoms with Gasteiger partial charge in [-0.3, -0.25) is 4.79 Å². The molecule has 0 radical (unpaired) electrons. The fraction of sp³-hybridized carbons (Fsp3) is 0.125. The Morgan fingerprint density at radius 1 is 1.38 bits per heavy atom. The van der Waals surface area contributed by atoms with Crippen LogP contribution >= 0.6 is 15.9 Å². The van der Waals surface area contributed by atoms with Crippen LogP contribution in [0, 0.1) is 11.6 Å². The van der Waals surface area contributed by atoms with E-state index in [1.165, 1.54) is 0 Å². The number of alkyl halides is 1. The summed E-state index contributed by atoms with van der Waals surface area (Å²) in [5, 5.41) is 0. The number of halogens is 4. The molecule has 0 atom stereocenters. The van der Waals surface area contributed by atoms with E-state index in [2.05, 4.69) is 15.9 Å². The molecule has 0 amide bonds. The third-order valence-electron chi connectivity index (χ3n) is 1.44. The van der Waals surface area contributed by atoms with Crippen LogP contribution in [0.1, 0.15) is 10.4 Å². The van der Waals surface area contributed by atoms with Gasteiger partial charge in [0, 0.05) is 0 Å². The number of carbonyl (C=O) groups excluding carboxylic acids is 1. The monoisotopic (exact) mass is 252 g/mol. The molecule has 0 aromatic heterocycles. The lowest BCUT2D eigenvalue weighted by molar-refractivity contribution is 0.0950. The molecule has 70 valence electrons. The van der Waals surface area contributed by atoms with Gasteiger partial charge in [0.15, 0.2) is 18.3 Å². The number of Topliss-reactive ketones (excluding diaryl/α,β-unsaturated/α-hetero) is 1. The van der Waals surface area contributed by atoms with Crippen molar-refractivity contribution in [1.29, 1.82) is 0 Å². The van der Waals surface area contributed by atoms with Gasteiger partial charge in [0.1, 0.15) is 5.82 Å². The molecule has 0 N–H and O–H groups in total. The minimum Gasteiger partial charge on any atom is -0.291 e. The fourth-order valence-corrected chi connectivity index (χ4v) is 1.18. The zero-order chi connectivity index (χ0) is 10.0. The van der Waals surface area contributed by atoms with Gasteiger partial charge in [-0.25, -0.2) is 13.2 Å². The van der Waals surface area contributed by atoms with Gasteiger partial charge in [-0.05, 0) is 28.1 Å². The average molecular weight is 253 g/mol. The SMILES string of the molecule is O=C(CF)c1c(F)ccc(Br)c1F. The van der Waals surface area contributed by atoms with Crippen molar-refractivity contribution in [3.63, 3.8) is 0 Å². The first-order valence-corrected chi connectivity index (χ1v) is 4.10. The summed E-state index contributed by atoms with van der Waals surface area (Å²) >= 11 is 2.76. The second-order valence-electron chi connectivity index (χ2n) is 2.27. The average Bonchev–Trinajstić information content (AvgIpc) is 2.12. The van der Waals surface area contributed by atoms with Crippen molar-refractivity contribution >= 4 is 21.7 Å². The summed E-state index contributed by atoms with van der Waals surface area (Å²) in [6.07, 6.45) is 0. The summed E-state index contributed by atoms with van der Waals surface area (Å²) in [7, 11) is 0. The van der Waals surface area contributed by atoms with Crippen LogP contribution in [0.3, 0.4) is 0 Å². The molecule has 0 spiro atoms. The molecule has 0 saturated heterocycles. The largest absolute Gasteiger partial charge is 0.291 e. The van der Waals surface area contributed by atoms with Gasteiger partial charge < -0.3 is 0 Å². The summed E-state index contributed by atoms with van der Waals surface area (Å²) in [5.41, 5.74) is -0.836. The Bertz CT molecular complexity index is 351. The number of ketones is 1. The van der Waals surface area contributed by atoms with Crippen LogP contribution in [0.15, 0.2) is 16.6 Å².